The van der Waals surface area contributed by atoms with Crippen molar-refractivity contribution in [1.82, 2.24) is 25.1 Å². The van der Waals surface area contributed by atoms with E-state index in [-0.39, 0.29) is 42.7 Å². The first-order valence-corrected chi connectivity index (χ1v) is 10.4. The van der Waals surface area contributed by atoms with E-state index in [1.165, 1.54) is 19.4 Å². The lowest BCUT2D eigenvalue weighted by molar-refractivity contribution is -0.272. The van der Waals surface area contributed by atoms with Gasteiger partial charge in [0.1, 0.15) is 5.82 Å². The number of aliphatic imine (C=N–C) groups is 1. The lowest BCUT2D eigenvalue weighted by Gasteiger charge is -2.32. The van der Waals surface area contributed by atoms with Gasteiger partial charge in [-0.2, -0.15) is 13.2 Å². The number of halogens is 4. The lowest BCUT2D eigenvalue weighted by Crippen LogP contribution is -2.50. The van der Waals surface area contributed by atoms with Gasteiger partial charge in [-0.25, -0.2) is 9.78 Å². The number of hydrogen-bond acceptors (Lipinski definition) is 5. The van der Waals surface area contributed by atoms with Crippen molar-refractivity contribution in [2.45, 2.75) is 50.9 Å². The van der Waals surface area contributed by atoms with E-state index >= 15 is 0 Å². The lowest BCUT2D eigenvalue weighted by atomic mass is 9.98. The van der Waals surface area contributed by atoms with Crippen LogP contribution in [0.4, 0.5) is 18.0 Å². The third-order valence-electron chi connectivity index (χ3n) is 5.11. The molecule has 1 fully saturated rings. The Morgan fingerprint density at radius 1 is 1.34 bits per heavy atom. The van der Waals surface area contributed by atoms with Crippen LogP contribution in [-0.4, -0.2) is 76.6 Å². The molecule has 32 heavy (non-hydrogen) atoms. The van der Waals surface area contributed by atoms with Crippen LogP contribution in [0.15, 0.2) is 17.4 Å². The van der Waals surface area contributed by atoms with Gasteiger partial charge >= 0.3 is 12.3 Å². The van der Waals surface area contributed by atoms with Gasteiger partial charge in [0.15, 0.2) is 5.96 Å². The molecule has 1 saturated heterocycles. The van der Waals surface area contributed by atoms with Crippen molar-refractivity contribution in [3.63, 3.8) is 0 Å². The molecule has 0 saturated carbocycles. The molecular weight excluding hydrogens is 544 g/mol. The standard InChI is InChI=1S/C19H31F3N6O3.HI/c1-4-23-16(26-14-6-11-28(12-7-14)17(29)31-5-2)25-9-8-18(30,19(20,21)22)15-24-10-13-27(15)3;/h10,13-14,30H,4-9,11-12H2,1-3H3,(H2,23,25,26);1H. The molecule has 3 N–H and O–H groups in total. The molecule has 1 aromatic heterocycles. The predicted molar refractivity (Wildman–Crippen MR) is 124 cm³/mol. The van der Waals surface area contributed by atoms with E-state index in [9.17, 15) is 23.1 Å². The number of nitrogens with one attached hydrogen (secondary N) is 2. The van der Waals surface area contributed by atoms with Gasteiger partial charge in [0.25, 0.3) is 0 Å². The number of aromatic nitrogens is 2. The van der Waals surface area contributed by atoms with Crippen molar-refractivity contribution in [3.8, 4) is 0 Å². The summed E-state index contributed by atoms with van der Waals surface area (Å²) in [7, 11) is 1.40. The van der Waals surface area contributed by atoms with Gasteiger partial charge in [-0.1, -0.05) is 0 Å². The number of guanidine groups is 1. The summed E-state index contributed by atoms with van der Waals surface area (Å²) in [5.74, 6) is -0.110. The number of likely N-dealkylation sites (tertiary alicyclic amines) is 1. The number of piperidine rings is 1. The number of ether oxygens (including phenoxy) is 1. The topological polar surface area (TPSA) is 104 Å². The molecule has 184 valence electrons. The Morgan fingerprint density at radius 3 is 2.50 bits per heavy atom. The zero-order chi connectivity index (χ0) is 23.1. The van der Waals surface area contributed by atoms with Crippen LogP contribution in [0, 0.1) is 0 Å². The van der Waals surface area contributed by atoms with E-state index in [0.717, 1.165) is 4.57 Å². The second kappa shape index (κ2) is 12.5. The fourth-order valence-corrected chi connectivity index (χ4v) is 3.41. The molecule has 0 spiro atoms. The minimum atomic E-state index is -4.90. The van der Waals surface area contributed by atoms with E-state index < -0.39 is 24.0 Å². The largest absolute Gasteiger partial charge is 0.450 e. The Hall–Kier alpha value is -1.77. The predicted octanol–water partition coefficient (Wildman–Crippen LogP) is 2.35. The Labute approximate surface area is 202 Å². The minimum Gasteiger partial charge on any atom is -0.450 e. The van der Waals surface area contributed by atoms with Crippen LogP contribution in [-0.2, 0) is 17.4 Å². The van der Waals surface area contributed by atoms with Crippen molar-refractivity contribution in [3.05, 3.63) is 18.2 Å². The zero-order valence-corrected chi connectivity index (χ0v) is 20.8. The molecule has 9 nitrogen and oxygen atoms in total. The summed E-state index contributed by atoms with van der Waals surface area (Å²) >= 11 is 0. The summed E-state index contributed by atoms with van der Waals surface area (Å²) in [5.41, 5.74) is -3.10. The monoisotopic (exact) mass is 576 g/mol. The SMILES string of the molecule is CCNC(=NCCC(O)(c1nccn1C)C(F)(F)F)NC1CCN(C(=O)OCC)CC1.I. The Kier molecular flexibility index (Phi) is 11.0. The smallest absolute Gasteiger partial charge is 0.424 e. The number of alkyl halides is 3. The van der Waals surface area contributed by atoms with Crippen LogP contribution in [0.25, 0.3) is 0 Å². The van der Waals surface area contributed by atoms with Gasteiger partial charge in [-0.15, -0.1) is 24.0 Å². The molecule has 1 unspecified atom stereocenters. The van der Waals surface area contributed by atoms with Gasteiger partial charge in [-0.3, -0.25) is 4.99 Å². The fraction of sp³-hybridized carbons (Fsp3) is 0.737. The first-order chi connectivity index (χ1) is 14.6. The zero-order valence-electron chi connectivity index (χ0n) is 18.5. The van der Waals surface area contributed by atoms with E-state index in [4.69, 9.17) is 4.74 Å². The maximum absolute atomic E-state index is 13.6. The Bertz CT molecular complexity index is 753. The van der Waals surface area contributed by atoms with E-state index in [0.29, 0.717) is 45.0 Å². The third-order valence-corrected chi connectivity index (χ3v) is 5.11. The number of hydrogen-bond donors (Lipinski definition) is 3. The molecule has 13 heteroatoms. The summed E-state index contributed by atoms with van der Waals surface area (Å²) in [6.07, 6.45) is -2.03. The minimum absolute atomic E-state index is 0. The number of amides is 1. The molecule has 0 aliphatic carbocycles. The fourth-order valence-electron chi connectivity index (χ4n) is 3.41. The van der Waals surface area contributed by atoms with Crippen LogP contribution >= 0.6 is 24.0 Å². The molecule has 1 aliphatic rings. The molecule has 1 atom stereocenters. The van der Waals surface area contributed by atoms with Crippen LogP contribution in [0.1, 0.15) is 38.9 Å². The highest BCUT2D eigenvalue weighted by molar-refractivity contribution is 14.0. The highest BCUT2D eigenvalue weighted by atomic mass is 127. The molecule has 1 aliphatic heterocycles. The second-order valence-electron chi connectivity index (χ2n) is 7.34. The van der Waals surface area contributed by atoms with Gasteiger partial charge in [-0.05, 0) is 26.7 Å². The van der Waals surface area contributed by atoms with Crippen LogP contribution in [0.3, 0.4) is 0 Å². The molecule has 1 aromatic rings. The first kappa shape index (κ1) is 28.3. The van der Waals surface area contributed by atoms with Gasteiger partial charge in [0.2, 0.25) is 5.60 Å². The number of rotatable bonds is 7. The number of aliphatic hydroxyl groups is 1. The molecular formula is C19H32F3IN6O3. The van der Waals surface area contributed by atoms with Crippen molar-refractivity contribution in [2.75, 3.05) is 32.8 Å². The van der Waals surface area contributed by atoms with Gasteiger partial charge in [0, 0.05) is 58.1 Å². The summed E-state index contributed by atoms with van der Waals surface area (Å²) in [6.45, 7) is 5.21. The molecule has 2 rings (SSSR count). The van der Waals surface area contributed by atoms with Crippen LogP contribution < -0.4 is 10.6 Å². The van der Waals surface area contributed by atoms with Crippen molar-refractivity contribution < 1.29 is 27.8 Å². The highest BCUT2D eigenvalue weighted by Crippen LogP contribution is 2.40. The van der Waals surface area contributed by atoms with Gasteiger partial charge in [0.05, 0.1) is 6.61 Å². The third kappa shape index (κ3) is 7.12. The van der Waals surface area contributed by atoms with E-state index in [1.54, 1.807) is 11.8 Å². The average Bonchev–Trinajstić information content (AvgIpc) is 3.14. The van der Waals surface area contributed by atoms with Crippen LogP contribution in [0.2, 0.25) is 0 Å². The quantitative estimate of drug-likeness (QED) is 0.262. The maximum Gasteiger partial charge on any atom is 0.424 e. The normalized spacial score (nSPS) is 17.3. The molecule has 0 bridgehead atoms. The summed E-state index contributed by atoms with van der Waals surface area (Å²) in [5, 5.41) is 16.6. The number of nitrogens with zero attached hydrogens (tertiary/aromatic N) is 4. The average molecular weight is 576 g/mol. The summed E-state index contributed by atoms with van der Waals surface area (Å²) in [4.78, 5) is 21.3. The number of carbonyl (C=O) groups excluding carboxylic acids is 1. The first-order valence-electron chi connectivity index (χ1n) is 10.4. The Morgan fingerprint density at radius 2 is 2.00 bits per heavy atom. The summed E-state index contributed by atoms with van der Waals surface area (Å²) < 4.78 is 47.0. The summed E-state index contributed by atoms with van der Waals surface area (Å²) in [6, 6.07) is 0.0134. The van der Waals surface area contributed by atoms with Crippen LogP contribution in [0.5, 0.6) is 0 Å². The second-order valence-corrected chi connectivity index (χ2v) is 7.34. The molecule has 2 heterocycles. The molecule has 1 amide bonds. The highest BCUT2D eigenvalue weighted by Gasteiger charge is 2.57. The van der Waals surface area contributed by atoms with E-state index in [2.05, 4.69) is 20.6 Å². The van der Waals surface area contributed by atoms with E-state index in [1.807, 2.05) is 6.92 Å². The van der Waals surface area contributed by atoms with Gasteiger partial charge < -0.3 is 29.9 Å². The maximum atomic E-state index is 13.6. The Balaban J connectivity index is 0.00000512. The number of carbonyl (C=O) groups is 1. The number of imidazole rings is 1. The molecule has 0 aromatic carbocycles. The van der Waals surface area contributed by atoms with Crippen molar-refractivity contribution in [1.29, 1.82) is 0 Å². The van der Waals surface area contributed by atoms with Crippen molar-refractivity contribution >= 4 is 36.0 Å². The number of aryl methyl sites for hydroxylation is 1. The van der Waals surface area contributed by atoms with Crippen molar-refractivity contribution in [2.24, 2.45) is 12.0 Å². The molecule has 0 radical (unpaired) electrons.